The predicted molar refractivity (Wildman–Crippen MR) is 70.9 cm³/mol. The van der Waals surface area contributed by atoms with Crippen LogP contribution in [0, 0.1) is 0 Å². The lowest BCUT2D eigenvalue weighted by Crippen LogP contribution is -2.33. The number of methoxy groups -OCH3 is 1. The molecule has 1 amide bonds. The van der Waals surface area contributed by atoms with Gasteiger partial charge < -0.3 is 9.64 Å². The summed E-state index contributed by atoms with van der Waals surface area (Å²) in [4.78, 5) is 14.4. The molecule has 16 heavy (non-hydrogen) atoms. The van der Waals surface area contributed by atoms with E-state index in [4.69, 9.17) is 16.3 Å². The number of rotatable bonds is 5. The van der Waals surface area contributed by atoms with Crippen molar-refractivity contribution in [2.24, 2.45) is 0 Å². The standard InChI is InChI=1S/C10H13BrClNO2S/c1-13(5-7(11)6-15-2)10(14)8-3-4-9(12)16-8/h3-4,7H,5-6H2,1-2H3. The average Bonchev–Trinajstić information content (AvgIpc) is 2.64. The maximum atomic E-state index is 11.9. The quantitative estimate of drug-likeness (QED) is 0.779. The average molecular weight is 327 g/mol. The first-order valence-electron chi connectivity index (χ1n) is 4.68. The van der Waals surface area contributed by atoms with E-state index in [9.17, 15) is 4.79 Å². The molecular weight excluding hydrogens is 314 g/mol. The van der Waals surface area contributed by atoms with Crippen molar-refractivity contribution in [1.29, 1.82) is 0 Å². The Kier molecular flexibility index (Phi) is 5.75. The third kappa shape index (κ3) is 4.05. The number of nitrogens with zero attached hydrogens (tertiary/aromatic N) is 1. The molecule has 90 valence electrons. The second-order valence-corrected chi connectivity index (χ2v) is 6.35. The van der Waals surface area contributed by atoms with Crippen LogP contribution in [0.2, 0.25) is 4.34 Å². The summed E-state index contributed by atoms with van der Waals surface area (Å²) in [6.07, 6.45) is 0. The minimum Gasteiger partial charge on any atom is -0.383 e. The monoisotopic (exact) mass is 325 g/mol. The highest BCUT2D eigenvalue weighted by atomic mass is 79.9. The molecule has 0 saturated heterocycles. The zero-order valence-corrected chi connectivity index (χ0v) is 12.2. The van der Waals surface area contributed by atoms with Crippen LogP contribution in [-0.2, 0) is 4.74 Å². The summed E-state index contributed by atoms with van der Waals surface area (Å²) in [5.74, 6) is -0.0162. The smallest absolute Gasteiger partial charge is 0.263 e. The Morgan fingerprint density at radius 2 is 2.38 bits per heavy atom. The molecule has 0 spiro atoms. The zero-order chi connectivity index (χ0) is 12.1. The van der Waals surface area contributed by atoms with Gasteiger partial charge in [-0.1, -0.05) is 27.5 Å². The third-order valence-corrected chi connectivity index (χ3v) is 3.72. The summed E-state index contributed by atoms with van der Waals surface area (Å²) in [5.41, 5.74) is 0. The summed E-state index contributed by atoms with van der Waals surface area (Å²) in [6.45, 7) is 1.17. The van der Waals surface area contributed by atoms with Gasteiger partial charge in [-0.25, -0.2) is 0 Å². The first-order chi connectivity index (χ1) is 7.54. The third-order valence-electron chi connectivity index (χ3n) is 1.95. The number of hydrogen-bond acceptors (Lipinski definition) is 3. The van der Waals surface area contributed by atoms with Crippen LogP contribution in [0.25, 0.3) is 0 Å². The predicted octanol–water partition coefficient (Wildman–Crippen LogP) is 2.88. The van der Waals surface area contributed by atoms with Crippen molar-refractivity contribution >= 4 is 44.8 Å². The number of halogens is 2. The topological polar surface area (TPSA) is 29.5 Å². The van der Waals surface area contributed by atoms with Crippen LogP contribution in [0.3, 0.4) is 0 Å². The largest absolute Gasteiger partial charge is 0.383 e. The minimum absolute atomic E-state index is 0.0162. The van der Waals surface area contributed by atoms with Crippen molar-refractivity contribution in [1.82, 2.24) is 4.90 Å². The summed E-state index contributed by atoms with van der Waals surface area (Å²) in [5, 5.41) is 0. The number of carbonyl (C=O) groups is 1. The van der Waals surface area contributed by atoms with E-state index in [0.29, 0.717) is 22.4 Å². The molecule has 0 aliphatic rings. The summed E-state index contributed by atoms with van der Waals surface area (Å²) < 4.78 is 5.62. The fraction of sp³-hybridized carbons (Fsp3) is 0.500. The lowest BCUT2D eigenvalue weighted by atomic mass is 10.3. The number of alkyl halides is 1. The maximum Gasteiger partial charge on any atom is 0.263 e. The zero-order valence-electron chi connectivity index (χ0n) is 9.07. The second-order valence-electron chi connectivity index (χ2n) is 3.34. The molecule has 1 unspecified atom stereocenters. The number of ether oxygens (including phenoxy) is 1. The molecule has 0 N–H and O–H groups in total. The van der Waals surface area contributed by atoms with Crippen molar-refractivity contribution in [3.63, 3.8) is 0 Å². The number of hydrogen-bond donors (Lipinski definition) is 0. The Bertz CT molecular complexity index is 358. The van der Waals surface area contributed by atoms with E-state index in [1.165, 1.54) is 11.3 Å². The van der Waals surface area contributed by atoms with Gasteiger partial charge in [0, 0.05) is 20.7 Å². The van der Waals surface area contributed by atoms with Crippen molar-refractivity contribution in [3.8, 4) is 0 Å². The number of thiophene rings is 1. The van der Waals surface area contributed by atoms with Gasteiger partial charge >= 0.3 is 0 Å². The van der Waals surface area contributed by atoms with Crippen molar-refractivity contribution < 1.29 is 9.53 Å². The Labute approximate surface area is 112 Å². The van der Waals surface area contributed by atoms with Gasteiger partial charge in [-0.15, -0.1) is 11.3 Å². The van der Waals surface area contributed by atoms with Crippen molar-refractivity contribution in [3.05, 3.63) is 21.3 Å². The van der Waals surface area contributed by atoms with Gasteiger partial charge in [0.05, 0.1) is 20.6 Å². The summed E-state index contributed by atoms with van der Waals surface area (Å²) >= 11 is 10.5. The van der Waals surface area contributed by atoms with Crippen LogP contribution in [-0.4, -0.2) is 42.9 Å². The molecule has 0 bridgehead atoms. The second kappa shape index (κ2) is 6.59. The molecule has 1 heterocycles. The first kappa shape index (κ1) is 14.0. The highest BCUT2D eigenvalue weighted by molar-refractivity contribution is 9.09. The molecular formula is C10H13BrClNO2S. The van der Waals surface area contributed by atoms with Crippen LogP contribution in [0.15, 0.2) is 12.1 Å². The molecule has 6 heteroatoms. The van der Waals surface area contributed by atoms with Crippen LogP contribution in [0.5, 0.6) is 0 Å². The van der Waals surface area contributed by atoms with Gasteiger partial charge in [-0.05, 0) is 12.1 Å². The Hall–Kier alpha value is -0.100. The van der Waals surface area contributed by atoms with E-state index < -0.39 is 0 Å². The molecule has 0 saturated carbocycles. The number of carbonyl (C=O) groups excluding carboxylic acids is 1. The molecule has 1 atom stereocenters. The SMILES string of the molecule is COCC(Br)CN(C)C(=O)c1ccc(Cl)s1. The van der Waals surface area contributed by atoms with Gasteiger partial charge in [0.2, 0.25) is 0 Å². The summed E-state index contributed by atoms with van der Waals surface area (Å²) in [6, 6.07) is 3.47. The normalized spacial score (nSPS) is 12.5. The van der Waals surface area contributed by atoms with E-state index in [0.717, 1.165) is 0 Å². The maximum absolute atomic E-state index is 11.9. The molecule has 0 radical (unpaired) electrons. The lowest BCUT2D eigenvalue weighted by molar-refractivity contribution is 0.0789. The highest BCUT2D eigenvalue weighted by Gasteiger charge is 2.16. The Morgan fingerprint density at radius 1 is 1.69 bits per heavy atom. The van der Waals surface area contributed by atoms with Crippen LogP contribution in [0.4, 0.5) is 0 Å². The van der Waals surface area contributed by atoms with Crippen LogP contribution >= 0.6 is 38.9 Å². The summed E-state index contributed by atoms with van der Waals surface area (Å²) in [7, 11) is 3.40. The molecule has 1 aromatic rings. The van der Waals surface area contributed by atoms with Crippen molar-refractivity contribution in [2.45, 2.75) is 4.83 Å². The molecule has 0 fully saturated rings. The van der Waals surface area contributed by atoms with Gasteiger partial charge in [-0.3, -0.25) is 4.79 Å². The fourth-order valence-corrected chi connectivity index (χ4v) is 2.97. The van der Waals surface area contributed by atoms with Gasteiger partial charge in [-0.2, -0.15) is 0 Å². The van der Waals surface area contributed by atoms with E-state index in [1.807, 2.05) is 0 Å². The molecule has 0 aliphatic heterocycles. The van der Waals surface area contributed by atoms with Gasteiger partial charge in [0.1, 0.15) is 0 Å². The molecule has 1 rings (SSSR count). The Morgan fingerprint density at radius 3 is 2.88 bits per heavy atom. The fourth-order valence-electron chi connectivity index (χ4n) is 1.23. The highest BCUT2D eigenvalue weighted by Crippen LogP contribution is 2.22. The van der Waals surface area contributed by atoms with Crippen LogP contribution < -0.4 is 0 Å². The van der Waals surface area contributed by atoms with E-state index in [-0.39, 0.29) is 10.7 Å². The van der Waals surface area contributed by atoms with Gasteiger partial charge in [0.15, 0.2) is 0 Å². The van der Waals surface area contributed by atoms with Gasteiger partial charge in [0.25, 0.3) is 5.91 Å². The number of amides is 1. The minimum atomic E-state index is -0.0162. The Balaban J connectivity index is 2.54. The van der Waals surface area contributed by atoms with E-state index in [1.54, 1.807) is 31.2 Å². The molecule has 1 aromatic heterocycles. The van der Waals surface area contributed by atoms with Crippen LogP contribution in [0.1, 0.15) is 9.67 Å². The van der Waals surface area contributed by atoms with E-state index >= 15 is 0 Å². The molecule has 0 aromatic carbocycles. The van der Waals surface area contributed by atoms with E-state index in [2.05, 4.69) is 15.9 Å². The molecule has 3 nitrogen and oxygen atoms in total. The lowest BCUT2D eigenvalue weighted by Gasteiger charge is -2.19. The first-order valence-corrected chi connectivity index (χ1v) is 6.79. The molecule has 0 aliphatic carbocycles. The van der Waals surface area contributed by atoms with Crippen molar-refractivity contribution in [2.75, 3.05) is 27.3 Å².